The number of para-hydroxylation sites is 1. The van der Waals surface area contributed by atoms with Crippen LogP contribution in [0.5, 0.6) is 0 Å². The summed E-state index contributed by atoms with van der Waals surface area (Å²) in [5.41, 5.74) is 2.12. The summed E-state index contributed by atoms with van der Waals surface area (Å²) in [6, 6.07) is 7.62. The highest BCUT2D eigenvalue weighted by Gasteiger charge is 2.66. The smallest absolute Gasteiger partial charge is 0.235 e. The topological polar surface area (TPSA) is 123 Å². The number of benzene rings is 1. The molecule has 36 heavy (non-hydrogen) atoms. The number of aromatic nitrogens is 1. The van der Waals surface area contributed by atoms with E-state index >= 15 is 0 Å². The zero-order valence-corrected chi connectivity index (χ0v) is 21.1. The fourth-order valence-electron chi connectivity index (χ4n) is 6.90. The average Bonchev–Trinajstić information content (AvgIpc) is 3.38. The summed E-state index contributed by atoms with van der Waals surface area (Å²) in [4.78, 5) is 31.3. The minimum Gasteiger partial charge on any atom is -0.390 e. The third kappa shape index (κ3) is 3.76. The minimum atomic E-state index is -1.55. The molecule has 2 aromatic rings. The number of Topliss-reactive ketones (excluding diaryl/α,β-unsaturated/α-hetero) is 1. The Morgan fingerprint density at radius 2 is 1.81 bits per heavy atom. The molecule has 1 saturated heterocycles. The molecular formula is C29H36N2O5. The molecular weight excluding hydrogens is 456 g/mol. The van der Waals surface area contributed by atoms with Crippen LogP contribution in [0.25, 0.3) is 10.9 Å². The Bertz CT molecular complexity index is 1250. The van der Waals surface area contributed by atoms with Gasteiger partial charge in [0.25, 0.3) is 0 Å². The third-order valence-corrected chi connectivity index (χ3v) is 8.92. The normalized spacial score (nSPS) is 38.3. The van der Waals surface area contributed by atoms with Gasteiger partial charge in [0.15, 0.2) is 5.78 Å². The van der Waals surface area contributed by atoms with E-state index in [0.717, 1.165) is 27.6 Å². The lowest BCUT2D eigenvalue weighted by Crippen LogP contribution is -2.56. The second-order valence-electron chi connectivity index (χ2n) is 11.1. The lowest BCUT2D eigenvalue weighted by atomic mass is 9.54. The van der Waals surface area contributed by atoms with Crippen LogP contribution < -0.4 is 5.32 Å². The van der Waals surface area contributed by atoms with Crippen LogP contribution in [0.1, 0.15) is 45.6 Å². The zero-order chi connectivity index (χ0) is 25.8. The predicted molar refractivity (Wildman–Crippen MR) is 137 cm³/mol. The van der Waals surface area contributed by atoms with E-state index in [9.17, 15) is 24.9 Å². The van der Waals surface area contributed by atoms with Gasteiger partial charge in [-0.3, -0.25) is 9.59 Å². The second kappa shape index (κ2) is 9.29. The lowest BCUT2D eigenvalue weighted by Gasteiger charge is -2.46. The Morgan fingerprint density at radius 1 is 1.06 bits per heavy atom. The highest BCUT2D eigenvalue weighted by atomic mass is 16.3. The van der Waals surface area contributed by atoms with Gasteiger partial charge in [-0.1, -0.05) is 42.8 Å². The van der Waals surface area contributed by atoms with Crippen LogP contribution in [0, 0.1) is 23.2 Å². The van der Waals surface area contributed by atoms with Crippen LogP contribution in [-0.2, 0) is 16.0 Å². The van der Waals surface area contributed by atoms with Crippen molar-refractivity contribution in [1.29, 1.82) is 0 Å². The van der Waals surface area contributed by atoms with Crippen molar-refractivity contribution in [3.05, 3.63) is 59.3 Å². The first kappa shape index (κ1) is 24.9. The number of rotatable bonds is 2. The van der Waals surface area contributed by atoms with Gasteiger partial charge < -0.3 is 25.6 Å². The van der Waals surface area contributed by atoms with E-state index in [-0.39, 0.29) is 18.4 Å². The van der Waals surface area contributed by atoms with Crippen molar-refractivity contribution in [2.45, 2.75) is 70.8 Å². The molecule has 7 nitrogen and oxygen atoms in total. The first-order chi connectivity index (χ1) is 17.2. The van der Waals surface area contributed by atoms with E-state index in [1.54, 1.807) is 0 Å². The molecule has 192 valence electrons. The molecule has 0 radical (unpaired) electrons. The maximum atomic E-state index is 14.1. The van der Waals surface area contributed by atoms with Gasteiger partial charge in [0.05, 0.1) is 18.3 Å². The summed E-state index contributed by atoms with van der Waals surface area (Å²) in [7, 11) is 0. The van der Waals surface area contributed by atoms with Crippen LogP contribution in [0.4, 0.5) is 0 Å². The number of H-pyrrole nitrogens is 1. The number of hydrogen-bond donors (Lipinski definition) is 5. The summed E-state index contributed by atoms with van der Waals surface area (Å²) >= 11 is 0. The summed E-state index contributed by atoms with van der Waals surface area (Å²) in [5, 5.41) is 36.9. The first-order valence-corrected chi connectivity index (χ1v) is 12.9. The molecule has 7 heteroatoms. The molecule has 0 saturated carbocycles. The average molecular weight is 493 g/mol. The Balaban J connectivity index is 1.63. The molecule has 5 rings (SSSR count). The monoisotopic (exact) mass is 492 g/mol. The molecule has 1 fully saturated rings. The number of fused-ring (bicyclic) bond motifs is 1. The summed E-state index contributed by atoms with van der Waals surface area (Å²) < 4.78 is 0. The number of aromatic amines is 1. The molecule has 5 N–H and O–H groups in total. The van der Waals surface area contributed by atoms with E-state index < -0.39 is 47.3 Å². The van der Waals surface area contributed by atoms with Crippen molar-refractivity contribution in [3.63, 3.8) is 0 Å². The Labute approximate surface area is 211 Å². The molecule has 2 heterocycles. The highest BCUT2D eigenvalue weighted by Crippen LogP contribution is 2.55. The summed E-state index contributed by atoms with van der Waals surface area (Å²) in [5.74, 6) is -1.98. The summed E-state index contributed by atoms with van der Waals surface area (Å²) in [6.45, 7) is 5.75. The van der Waals surface area contributed by atoms with Crippen molar-refractivity contribution in [3.8, 4) is 0 Å². The van der Waals surface area contributed by atoms with E-state index in [0.29, 0.717) is 19.3 Å². The maximum absolute atomic E-state index is 14.1. The largest absolute Gasteiger partial charge is 0.390 e. The van der Waals surface area contributed by atoms with Gasteiger partial charge in [-0.15, -0.1) is 0 Å². The fraction of sp³-hybridized carbons (Fsp3) is 0.517. The van der Waals surface area contributed by atoms with Crippen molar-refractivity contribution < 1.29 is 24.9 Å². The Morgan fingerprint density at radius 3 is 2.58 bits per heavy atom. The van der Waals surface area contributed by atoms with Crippen molar-refractivity contribution >= 4 is 22.6 Å². The first-order valence-electron chi connectivity index (χ1n) is 12.9. The Hall–Kier alpha value is -2.74. The lowest BCUT2D eigenvalue weighted by molar-refractivity contribution is -0.150. The van der Waals surface area contributed by atoms with E-state index in [2.05, 4.69) is 10.3 Å². The van der Waals surface area contributed by atoms with Crippen molar-refractivity contribution in [2.75, 3.05) is 0 Å². The van der Waals surface area contributed by atoms with E-state index in [4.69, 9.17) is 0 Å². The van der Waals surface area contributed by atoms with Crippen LogP contribution >= 0.6 is 0 Å². The van der Waals surface area contributed by atoms with E-state index in [1.165, 1.54) is 0 Å². The molecule has 2 aliphatic carbocycles. The van der Waals surface area contributed by atoms with Crippen molar-refractivity contribution in [2.24, 2.45) is 23.2 Å². The molecule has 1 aromatic carbocycles. The minimum absolute atomic E-state index is 0.0805. The molecule has 1 spiro atoms. The number of hydrogen-bond acceptors (Lipinski definition) is 5. The van der Waals surface area contributed by atoms with Gasteiger partial charge in [-0.25, -0.2) is 0 Å². The van der Waals surface area contributed by atoms with Gasteiger partial charge in [0, 0.05) is 41.4 Å². The van der Waals surface area contributed by atoms with Crippen LogP contribution in [0.15, 0.2) is 53.8 Å². The van der Waals surface area contributed by atoms with Crippen molar-refractivity contribution in [1.82, 2.24) is 10.3 Å². The molecule has 1 aliphatic heterocycles. The maximum Gasteiger partial charge on any atom is 0.235 e. The van der Waals surface area contributed by atoms with E-state index in [1.807, 2.05) is 63.4 Å². The molecule has 1 amide bonds. The standard InChI is InChI=1S/C29H36N2O5/c1-15-7-6-9-20-27(35)17(3)16(2)26-22(12-18-14-30-21-10-5-4-8-19(18)21)31-28(36)29(20,26)25(34)13-24(33)23(32)11-15/h4-6,8-10,14-15,20,22-24,26-27,30,32-33,35H,7,11-13H2,1-3H3,(H,31,36)/b9-6+/t15-,20-,22-,23+,24+,26?,27+,29+/m0/s1. The number of carbonyl (C=O) groups is 2. The number of aliphatic hydroxyl groups excluding tert-OH is 3. The molecule has 0 bridgehead atoms. The number of aliphatic hydroxyl groups is 3. The number of ketones is 1. The Kier molecular flexibility index (Phi) is 6.43. The number of amides is 1. The van der Waals surface area contributed by atoms with Crippen LogP contribution in [0.3, 0.4) is 0 Å². The third-order valence-electron chi connectivity index (χ3n) is 8.92. The number of nitrogens with one attached hydrogen (secondary N) is 2. The summed E-state index contributed by atoms with van der Waals surface area (Å²) in [6.07, 6.45) is 3.55. The molecule has 3 aliphatic rings. The molecule has 1 unspecified atom stereocenters. The second-order valence-corrected chi connectivity index (χ2v) is 11.1. The van der Waals surface area contributed by atoms with Gasteiger partial charge >= 0.3 is 0 Å². The van der Waals surface area contributed by atoms with Gasteiger partial charge in [-0.05, 0) is 56.2 Å². The highest BCUT2D eigenvalue weighted by molar-refractivity contribution is 6.10. The quantitative estimate of drug-likeness (QED) is 0.326. The number of carbonyl (C=O) groups excluding carboxylic acids is 2. The van der Waals surface area contributed by atoms with Gasteiger partial charge in [0.1, 0.15) is 5.41 Å². The predicted octanol–water partition coefficient (Wildman–Crippen LogP) is 2.81. The number of allylic oxidation sites excluding steroid dienone is 1. The van der Waals surface area contributed by atoms with Crippen LogP contribution in [-0.4, -0.2) is 56.3 Å². The molecule has 1 aromatic heterocycles. The van der Waals surface area contributed by atoms with Gasteiger partial charge in [0.2, 0.25) is 5.91 Å². The zero-order valence-electron chi connectivity index (χ0n) is 21.1. The fourth-order valence-corrected chi connectivity index (χ4v) is 6.90. The SMILES string of the molecule is CC1=C(C)[C@@H](O)[C@@H]2/C=C/C[C@H](C)C[C@@H](O)[C@H](O)CC(=O)[C@]23C(=O)N[C@@H](Cc2c[nH]c4ccccc24)C13. The van der Waals surface area contributed by atoms with Gasteiger partial charge in [-0.2, -0.15) is 0 Å². The van der Waals surface area contributed by atoms with Crippen LogP contribution in [0.2, 0.25) is 0 Å². The molecule has 8 atom stereocenters.